The van der Waals surface area contributed by atoms with Crippen LogP contribution in [0.4, 0.5) is 0 Å². The number of hydrogen-bond acceptors (Lipinski definition) is 2. The van der Waals surface area contributed by atoms with Crippen LogP contribution in [0.25, 0.3) is 0 Å². The molecule has 0 bridgehead atoms. The molecular formula is C18H28O2. The molecular weight excluding hydrogens is 248 g/mol. The van der Waals surface area contributed by atoms with E-state index in [2.05, 4.69) is 19.9 Å². The predicted molar refractivity (Wildman–Crippen MR) is 83.2 cm³/mol. The molecule has 0 amide bonds. The molecule has 0 spiro atoms. The van der Waals surface area contributed by atoms with Crippen LogP contribution in [0.1, 0.15) is 61.8 Å². The van der Waals surface area contributed by atoms with E-state index in [1.807, 2.05) is 13.0 Å². The van der Waals surface area contributed by atoms with E-state index in [1.165, 1.54) is 19.3 Å². The maximum atomic E-state index is 10.7. The van der Waals surface area contributed by atoms with Crippen LogP contribution < -0.4 is 4.74 Å². The van der Waals surface area contributed by atoms with Gasteiger partial charge in [0.05, 0.1) is 13.2 Å². The van der Waals surface area contributed by atoms with E-state index in [9.17, 15) is 5.11 Å². The highest BCUT2D eigenvalue weighted by Crippen LogP contribution is 2.39. The maximum absolute atomic E-state index is 10.7. The van der Waals surface area contributed by atoms with E-state index >= 15 is 0 Å². The smallest absolute Gasteiger partial charge is 0.122 e. The van der Waals surface area contributed by atoms with Crippen LogP contribution in [0.2, 0.25) is 0 Å². The standard InChI is InChI=1S/C18H28O2/c1-5-14-6-8-15(9-7-14)18(19)16-10-13(3)17(20-4)11-12(16)2/h10-11,14-15,18-19H,5-9H2,1-4H3. The summed E-state index contributed by atoms with van der Waals surface area (Å²) in [7, 11) is 1.70. The lowest BCUT2D eigenvalue weighted by Crippen LogP contribution is -2.21. The number of aliphatic hydroxyl groups excluding tert-OH is 1. The third-order valence-electron chi connectivity index (χ3n) is 5.02. The van der Waals surface area contributed by atoms with Crippen LogP contribution in [-0.2, 0) is 0 Å². The molecule has 0 aliphatic heterocycles. The van der Waals surface area contributed by atoms with Gasteiger partial charge in [0.25, 0.3) is 0 Å². The summed E-state index contributed by atoms with van der Waals surface area (Å²) < 4.78 is 5.35. The minimum absolute atomic E-state index is 0.322. The van der Waals surface area contributed by atoms with Crippen molar-refractivity contribution >= 4 is 0 Å². The lowest BCUT2D eigenvalue weighted by atomic mass is 9.76. The monoisotopic (exact) mass is 276 g/mol. The van der Waals surface area contributed by atoms with Gasteiger partial charge in [0.15, 0.2) is 0 Å². The van der Waals surface area contributed by atoms with Gasteiger partial charge >= 0.3 is 0 Å². The number of aryl methyl sites for hydroxylation is 2. The summed E-state index contributed by atoms with van der Waals surface area (Å²) in [5.41, 5.74) is 3.33. The van der Waals surface area contributed by atoms with Gasteiger partial charge in [0.1, 0.15) is 5.75 Å². The zero-order chi connectivity index (χ0) is 14.7. The van der Waals surface area contributed by atoms with Crippen molar-refractivity contribution in [3.63, 3.8) is 0 Å². The van der Waals surface area contributed by atoms with E-state index in [0.717, 1.165) is 41.2 Å². The molecule has 2 rings (SSSR count). The first-order chi connectivity index (χ1) is 9.56. The summed E-state index contributed by atoms with van der Waals surface area (Å²) in [6, 6.07) is 4.15. The Morgan fingerprint density at radius 1 is 1.15 bits per heavy atom. The Balaban J connectivity index is 2.13. The van der Waals surface area contributed by atoms with Crippen molar-refractivity contribution in [3.8, 4) is 5.75 Å². The first-order valence-corrected chi connectivity index (χ1v) is 7.90. The van der Waals surface area contributed by atoms with Gasteiger partial charge in [0.2, 0.25) is 0 Å². The summed E-state index contributed by atoms with van der Waals surface area (Å²) >= 11 is 0. The second-order valence-electron chi connectivity index (χ2n) is 6.31. The molecule has 1 aromatic rings. The first-order valence-electron chi connectivity index (χ1n) is 7.90. The van der Waals surface area contributed by atoms with Gasteiger partial charge in [-0.15, -0.1) is 0 Å². The Kier molecular flexibility index (Phi) is 5.09. The summed E-state index contributed by atoms with van der Waals surface area (Å²) in [5, 5.41) is 10.7. The number of benzene rings is 1. The normalized spacial score (nSPS) is 24.4. The number of ether oxygens (including phenoxy) is 1. The Bertz CT molecular complexity index is 445. The van der Waals surface area contributed by atoms with Crippen molar-refractivity contribution < 1.29 is 9.84 Å². The average molecular weight is 276 g/mol. The molecule has 1 aliphatic carbocycles. The van der Waals surface area contributed by atoms with Gasteiger partial charge in [-0.05, 0) is 67.3 Å². The molecule has 0 saturated heterocycles. The molecule has 112 valence electrons. The molecule has 20 heavy (non-hydrogen) atoms. The van der Waals surface area contributed by atoms with Crippen molar-refractivity contribution in [1.82, 2.24) is 0 Å². The van der Waals surface area contributed by atoms with Crippen LogP contribution in [0.3, 0.4) is 0 Å². The molecule has 0 radical (unpaired) electrons. The van der Waals surface area contributed by atoms with E-state index in [4.69, 9.17) is 4.74 Å². The third kappa shape index (κ3) is 3.17. The van der Waals surface area contributed by atoms with Gasteiger partial charge in [-0.1, -0.05) is 26.2 Å². The maximum Gasteiger partial charge on any atom is 0.122 e. The van der Waals surface area contributed by atoms with Gasteiger partial charge in [-0.3, -0.25) is 0 Å². The molecule has 1 N–H and O–H groups in total. The quantitative estimate of drug-likeness (QED) is 0.873. The zero-order valence-corrected chi connectivity index (χ0v) is 13.3. The topological polar surface area (TPSA) is 29.5 Å². The number of hydrogen-bond donors (Lipinski definition) is 1. The number of rotatable bonds is 4. The molecule has 0 heterocycles. The lowest BCUT2D eigenvalue weighted by molar-refractivity contribution is 0.0724. The van der Waals surface area contributed by atoms with Gasteiger partial charge in [-0.2, -0.15) is 0 Å². The van der Waals surface area contributed by atoms with Gasteiger partial charge in [-0.25, -0.2) is 0 Å². The molecule has 2 nitrogen and oxygen atoms in total. The Labute approximate surface area is 123 Å². The molecule has 1 unspecified atom stereocenters. The molecule has 2 heteroatoms. The molecule has 1 aliphatic rings. The largest absolute Gasteiger partial charge is 0.496 e. The van der Waals surface area contributed by atoms with Crippen LogP contribution >= 0.6 is 0 Å². The van der Waals surface area contributed by atoms with E-state index in [1.54, 1.807) is 7.11 Å². The zero-order valence-electron chi connectivity index (χ0n) is 13.3. The van der Waals surface area contributed by atoms with Crippen molar-refractivity contribution in [2.75, 3.05) is 7.11 Å². The van der Waals surface area contributed by atoms with E-state index in [0.29, 0.717) is 5.92 Å². The molecule has 1 atom stereocenters. The molecule has 1 saturated carbocycles. The second-order valence-corrected chi connectivity index (χ2v) is 6.31. The second kappa shape index (κ2) is 6.62. The van der Waals surface area contributed by atoms with Crippen LogP contribution in [0.5, 0.6) is 5.75 Å². The highest BCUT2D eigenvalue weighted by molar-refractivity contribution is 5.42. The summed E-state index contributed by atoms with van der Waals surface area (Å²) in [6.45, 7) is 6.39. The minimum Gasteiger partial charge on any atom is -0.496 e. The number of aliphatic hydroxyl groups is 1. The average Bonchev–Trinajstić information content (AvgIpc) is 2.48. The van der Waals surface area contributed by atoms with Crippen molar-refractivity contribution in [3.05, 3.63) is 28.8 Å². The molecule has 0 aromatic heterocycles. The SMILES string of the molecule is CCC1CCC(C(O)c2cc(C)c(OC)cc2C)CC1. The van der Waals surface area contributed by atoms with Crippen LogP contribution in [0.15, 0.2) is 12.1 Å². The minimum atomic E-state index is -0.322. The van der Waals surface area contributed by atoms with Crippen molar-refractivity contribution in [1.29, 1.82) is 0 Å². The lowest BCUT2D eigenvalue weighted by Gasteiger charge is -2.32. The third-order valence-corrected chi connectivity index (χ3v) is 5.02. The molecule has 1 aromatic carbocycles. The highest BCUT2D eigenvalue weighted by atomic mass is 16.5. The van der Waals surface area contributed by atoms with Gasteiger partial charge < -0.3 is 9.84 Å². The Hall–Kier alpha value is -1.02. The fourth-order valence-corrected chi connectivity index (χ4v) is 3.52. The fourth-order valence-electron chi connectivity index (χ4n) is 3.52. The van der Waals surface area contributed by atoms with E-state index < -0.39 is 0 Å². The summed E-state index contributed by atoms with van der Waals surface area (Å²) in [5.74, 6) is 2.20. The van der Waals surface area contributed by atoms with Crippen molar-refractivity contribution in [2.24, 2.45) is 11.8 Å². The van der Waals surface area contributed by atoms with Crippen LogP contribution in [0, 0.1) is 25.7 Å². The van der Waals surface area contributed by atoms with Crippen molar-refractivity contribution in [2.45, 2.75) is 59.0 Å². The van der Waals surface area contributed by atoms with Crippen LogP contribution in [-0.4, -0.2) is 12.2 Å². The highest BCUT2D eigenvalue weighted by Gasteiger charge is 2.27. The number of methoxy groups -OCH3 is 1. The summed E-state index contributed by atoms with van der Waals surface area (Å²) in [4.78, 5) is 0. The van der Waals surface area contributed by atoms with E-state index in [-0.39, 0.29) is 6.10 Å². The predicted octanol–water partition coefficient (Wildman–Crippen LogP) is 4.56. The Morgan fingerprint density at radius 2 is 1.80 bits per heavy atom. The summed E-state index contributed by atoms with van der Waals surface area (Å²) in [6.07, 6.45) is 5.81. The molecule has 1 fully saturated rings. The first kappa shape index (κ1) is 15.4. The Morgan fingerprint density at radius 3 is 2.35 bits per heavy atom. The van der Waals surface area contributed by atoms with Gasteiger partial charge in [0, 0.05) is 0 Å². The fraction of sp³-hybridized carbons (Fsp3) is 0.667.